The molecule has 24 heavy (non-hydrogen) atoms. The highest BCUT2D eigenvalue weighted by Crippen LogP contribution is 2.36. The number of hydrogen-bond donors (Lipinski definition) is 0. The van der Waals surface area contributed by atoms with E-state index in [2.05, 4.69) is 12.7 Å². The highest BCUT2D eigenvalue weighted by atomic mass is 16.6. The van der Waals surface area contributed by atoms with Crippen molar-refractivity contribution in [2.24, 2.45) is 5.92 Å². The summed E-state index contributed by atoms with van der Waals surface area (Å²) in [7, 11) is 0. The maximum Gasteiger partial charge on any atom is 0.334 e. The molecule has 0 aromatic rings. The van der Waals surface area contributed by atoms with Crippen molar-refractivity contribution in [3.63, 3.8) is 0 Å². The Morgan fingerprint density at radius 1 is 1.38 bits per heavy atom. The van der Waals surface area contributed by atoms with Crippen molar-refractivity contribution in [3.8, 4) is 0 Å². The molecule has 4 heteroatoms. The predicted molar refractivity (Wildman–Crippen MR) is 93.2 cm³/mol. The van der Waals surface area contributed by atoms with Crippen LogP contribution in [-0.4, -0.2) is 24.1 Å². The second kappa shape index (κ2) is 7.65. The van der Waals surface area contributed by atoms with Crippen LogP contribution in [0, 0.1) is 5.92 Å². The zero-order valence-electron chi connectivity index (χ0n) is 14.9. The Morgan fingerprint density at radius 2 is 2.08 bits per heavy atom. The van der Waals surface area contributed by atoms with Gasteiger partial charge in [-0.3, -0.25) is 0 Å². The minimum Gasteiger partial charge on any atom is -0.458 e. The zero-order valence-corrected chi connectivity index (χ0v) is 14.9. The number of hydrogen-bond acceptors (Lipinski definition) is 4. The van der Waals surface area contributed by atoms with E-state index in [1.54, 1.807) is 19.9 Å². The van der Waals surface area contributed by atoms with Gasteiger partial charge in [-0.2, -0.15) is 0 Å². The van der Waals surface area contributed by atoms with Gasteiger partial charge in [0.2, 0.25) is 0 Å². The Balaban J connectivity index is 2.38. The summed E-state index contributed by atoms with van der Waals surface area (Å²) in [6.45, 7) is 11.5. The van der Waals surface area contributed by atoms with E-state index < -0.39 is 12.1 Å². The van der Waals surface area contributed by atoms with E-state index >= 15 is 0 Å². The summed E-state index contributed by atoms with van der Waals surface area (Å²) in [6, 6.07) is 0. The average Bonchev–Trinajstić information content (AvgIpc) is 2.79. The first-order valence-corrected chi connectivity index (χ1v) is 8.40. The molecule has 1 aliphatic carbocycles. The van der Waals surface area contributed by atoms with Crippen LogP contribution in [0.3, 0.4) is 0 Å². The number of carbonyl (C=O) groups is 2. The topological polar surface area (TPSA) is 52.6 Å². The lowest BCUT2D eigenvalue weighted by molar-refractivity contribution is -0.145. The van der Waals surface area contributed by atoms with Crippen molar-refractivity contribution in [2.45, 2.75) is 59.2 Å². The van der Waals surface area contributed by atoms with Gasteiger partial charge in [0.1, 0.15) is 12.2 Å². The number of esters is 2. The highest BCUT2D eigenvalue weighted by Gasteiger charge is 2.44. The summed E-state index contributed by atoms with van der Waals surface area (Å²) in [5.41, 5.74) is 3.23. The second-order valence-corrected chi connectivity index (χ2v) is 6.64. The molecule has 1 heterocycles. The fraction of sp³-hybridized carbons (Fsp3) is 0.500. The second-order valence-electron chi connectivity index (χ2n) is 6.64. The minimum absolute atomic E-state index is 0.341. The molecule has 0 saturated carbocycles. The molecular weight excluding hydrogens is 304 g/mol. The summed E-state index contributed by atoms with van der Waals surface area (Å²) in [5.74, 6) is -1.11. The van der Waals surface area contributed by atoms with Crippen molar-refractivity contribution in [1.29, 1.82) is 0 Å². The van der Waals surface area contributed by atoms with Crippen LogP contribution in [0.5, 0.6) is 0 Å². The Morgan fingerprint density at radius 3 is 2.75 bits per heavy atom. The van der Waals surface area contributed by atoms with E-state index in [4.69, 9.17) is 9.47 Å². The first-order chi connectivity index (χ1) is 11.3. The molecule has 4 nitrogen and oxygen atoms in total. The fourth-order valence-corrected chi connectivity index (χ4v) is 3.08. The fourth-order valence-electron chi connectivity index (χ4n) is 3.08. The van der Waals surface area contributed by atoms with Gasteiger partial charge in [-0.25, -0.2) is 9.59 Å². The molecule has 1 aliphatic heterocycles. The quantitative estimate of drug-likeness (QED) is 0.436. The van der Waals surface area contributed by atoms with E-state index in [9.17, 15) is 9.59 Å². The number of allylic oxidation sites excluding steroid dienone is 3. The van der Waals surface area contributed by atoms with E-state index in [1.807, 2.05) is 19.9 Å². The van der Waals surface area contributed by atoms with Crippen LogP contribution in [0.1, 0.15) is 47.0 Å². The van der Waals surface area contributed by atoms with Crippen LogP contribution < -0.4 is 0 Å². The number of ether oxygens (including phenoxy) is 2. The van der Waals surface area contributed by atoms with Gasteiger partial charge < -0.3 is 9.47 Å². The summed E-state index contributed by atoms with van der Waals surface area (Å²) in [6.07, 6.45) is 7.42. The maximum absolute atomic E-state index is 12.3. The summed E-state index contributed by atoms with van der Waals surface area (Å²) in [4.78, 5) is 24.3. The third-order valence-electron chi connectivity index (χ3n) is 4.68. The Hall–Kier alpha value is -2.10. The number of fused-ring (bicyclic) bond motifs is 1. The first-order valence-electron chi connectivity index (χ1n) is 8.40. The van der Waals surface area contributed by atoms with Gasteiger partial charge in [-0.15, -0.1) is 0 Å². The molecule has 1 fully saturated rings. The maximum atomic E-state index is 12.3. The van der Waals surface area contributed by atoms with Crippen molar-refractivity contribution < 1.29 is 19.1 Å². The van der Waals surface area contributed by atoms with Gasteiger partial charge in [-0.05, 0) is 46.6 Å². The van der Waals surface area contributed by atoms with Crippen molar-refractivity contribution >= 4 is 11.9 Å². The molecule has 0 N–H and O–H groups in total. The van der Waals surface area contributed by atoms with Gasteiger partial charge in [0, 0.05) is 17.6 Å². The minimum atomic E-state index is -0.540. The SMILES string of the molecule is C=C1C(=O)O[C@H]2C/C(C)=C/CC/C(C)=C/[C@H](OC(=O)/C(C)=C\C)[C@H]12. The normalized spacial score (nSPS) is 32.8. The van der Waals surface area contributed by atoms with E-state index in [0.717, 1.165) is 18.4 Å². The molecule has 130 valence electrons. The lowest BCUT2D eigenvalue weighted by atomic mass is 9.85. The molecule has 0 unspecified atom stereocenters. The van der Waals surface area contributed by atoms with E-state index in [-0.39, 0.29) is 18.0 Å². The zero-order chi connectivity index (χ0) is 17.9. The lowest BCUT2D eigenvalue weighted by Gasteiger charge is -2.26. The molecular formula is C20H26O4. The van der Waals surface area contributed by atoms with Crippen LogP contribution in [0.4, 0.5) is 0 Å². The van der Waals surface area contributed by atoms with Crippen LogP contribution in [0.25, 0.3) is 0 Å². The van der Waals surface area contributed by atoms with Crippen LogP contribution in [-0.2, 0) is 19.1 Å². The standard InChI is InChI=1S/C20H26O4/c1-6-14(4)19(21)23-16-10-12(2)8-7-9-13(3)11-17-18(16)15(5)20(22)24-17/h6,9-10,16-18H,5,7-8,11H2,1-4H3/b12-10+,13-9+,14-6-/t16-,17-,18-/m0/s1. The largest absolute Gasteiger partial charge is 0.458 e. The molecule has 0 radical (unpaired) electrons. The smallest absolute Gasteiger partial charge is 0.334 e. The Labute approximate surface area is 143 Å². The molecule has 2 aliphatic rings. The molecule has 0 amide bonds. The average molecular weight is 330 g/mol. The van der Waals surface area contributed by atoms with Crippen LogP contribution in [0.2, 0.25) is 0 Å². The summed E-state index contributed by atoms with van der Waals surface area (Å²) >= 11 is 0. The van der Waals surface area contributed by atoms with Crippen molar-refractivity contribution in [3.05, 3.63) is 47.1 Å². The predicted octanol–water partition coefficient (Wildman–Crippen LogP) is 4.04. The summed E-state index contributed by atoms with van der Waals surface area (Å²) < 4.78 is 11.2. The monoisotopic (exact) mass is 330 g/mol. The summed E-state index contributed by atoms with van der Waals surface area (Å²) in [5, 5.41) is 0. The molecule has 0 aromatic carbocycles. The van der Waals surface area contributed by atoms with Gasteiger partial charge in [0.05, 0.1) is 5.92 Å². The van der Waals surface area contributed by atoms with Gasteiger partial charge in [0.15, 0.2) is 0 Å². The third-order valence-corrected chi connectivity index (χ3v) is 4.68. The Bertz CT molecular complexity index is 636. The van der Waals surface area contributed by atoms with E-state index in [0.29, 0.717) is 17.6 Å². The van der Waals surface area contributed by atoms with Crippen LogP contribution in [0.15, 0.2) is 47.1 Å². The van der Waals surface area contributed by atoms with Gasteiger partial charge in [0.25, 0.3) is 0 Å². The van der Waals surface area contributed by atoms with Gasteiger partial charge in [-0.1, -0.05) is 29.9 Å². The molecule has 1 saturated heterocycles. The van der Waals surface area contributed by atoms with Crippen LogP contribution >= 0.6 is 0 Å². The lowest BCUT2D eigenvalue weighted by Crippen LogP contribution is -2.33. The first kappa shape index (κ1) is 18.2. The highest BCUT2D eigenvalue weighted by molar-refractivity contribution is 5.91. The molecule has 0 spiro atoms. The molecule has 3 atom stereocenters. The van der Waals surface area contributed by atoms with E-state index in [1.165, 1.54) is 5.57 Å². The van der Waals surface area contributed by atoms with Crippen molar-refractivity contribution in [1.82, 2.24) is 0 Å². The van der Waals surface area contributed by atoms with Gasteiger partial charge >= 0.3 is 11.9 Å². The van der Waals surface area contributed by atoms with Crippen molar-refractivity contribution in [2.75, 3.05) is 0 Å². The molecule has 0 aromatic heterocycles. The number of rotatable bonds is 2. The Kier molecular flexibility index (Phi) is 5.81. The number of carbonyl (C=O) groups excluding carboxylic acids is 2. The third kappa shape index (κ3) is 4.05. The molecule has 2 rings (SSSR count). The molecule has 0 bridgehead atoms.